The number of amidine groups is 1. The smallest absolute Gasteiger partial charge is 0.340 e. The van der Waals surface area contributed by atoms with Crippen LogP contribution < -0.4 is 10.5 Å². The second kappa shape index (κ2) is 4.92. The Morgan fingerprint density at radius 1 is 1.56 bits per heavy atom. The molecule has 1 aromatic carbocycles. The van der Waals surface area contributed by atoms with Crippen LogP contribution in [0.5, 0.6) is 11.8 Å². The second-order valence-electron chi connectivity index (χ2n) is 3.43. The van der Waals surface area contributed by atoms with Crippen molar-refractivity contribution in [1.82, 2.24) is 14.8 Å². The lowest BCUT2D eigenvalue weighted by Crippen LogP contribution is -2.13. The molecule has 8 heteroatoms. The van der Waals surface area contributed by atoms with Crippen molar-refractivity contribution in [2.75, 3.05) is 0 Å². The van der Waals surface area contributed by atoms with Gasteiger partial charge in [0, 0.05) is 18.7 Å². The number of oxime groups is 1. The summed E-state index contributed by atoms with van der Waals surface area (Å²) in [5, 5.41) is 15.7. The standard InChI is InChI=1S/C10H10ClN5O2/c1-16-5-13-10(14-16)18-6-2-3-7(8(11)4-6)9(12)15-17/h2-5,17H,1H3,(H2,12,15). The molecule has 0 aliphatic rings. The molecule has 2 rings (SSSR count). The van der Waals surface area contributed by atoms with Gasteiger partial charge in [0.15, 0.2) is 5.84 Å². The molecule has 2 aromatic rings. The first kappa shape index (κ1) is 12.2. The minimum atomic E-state index is -0.0671. The highest BCUT2D eigenvalue weighted by molar-refractivity contribution is 6.34. The number of aryl methyl sites for hydroxylation is 1. The predicted octanol–water partition coefficient (Wildman–Crippen LogP) is 1.36. The highest BCUT2D eigenvalue weighted by Gasteiger charge is 2.08. The number of aromatic nitrogens is 3. The number of ether oxygens (including phenoxy) is 1. The van der Waals surface area contributed by atoms with Gasteiger partial charge in [0.25, 0.3) is 0 Å². The van der Waals surface area contributed by atoms with Crippen LogP contribution in [-0.4, -0.2) is 25.8 Å². The molecule has 0 unspecified atom stereocenters. The maximum atomic E-state index is 8.57. The topological polar surface area (TPSA) is 98.6 Å². The van der Waals surface area contributed by atoms with E-state index in [1.807, 2.05) is 0 Å². The van der Waals surface area contributed by atoms with Crippen molar-refractivity contribution in [2.24, 2.45) is 17.9 Å². The molecule has 3 N–H and O–H groups in total. The molecular formula is C10H10ClN5O2. The molecule has 0 atom stereocenters. The molecule has 0 bridgehead atoms. The monoisotopic (exact) mass is 267 g/mol. The predicted molar refractivity (Wildman–Crippen MR) is 65.0 cm³/mol. The zero-order chi connectivity index (χ0) is 13.1. The van der Waals surface area contributed by atoms with Crippen LogP contribution >= 0.6 is 11.6 Å². The molecule has 1 aromatic heterocycles. The molecule has 0 spiro atoms. The summed E-state index contributed by atoms with van der Waals surface area (Å²) < 4.78 is 6.89. The number of halogens is 1. The first-order valence-corrected chi connectivity index (χ1v) is 5.29. The van der Waals surface area contributed by atoms with Crippen molar-refractivity contribution in [3.63, 3.8) is 0 Å². The maximum Gasteiger partial charge on any atom is 0.340 e. The average Bonchev–Trinajstić information content (AvgIpc) is 2.74. The first-order valence-electron chi connectivity index (χ1n) is 4.91. The summed E-state index contributed by atoms with van der Waals surface area (Å²) in [6, 6.07) is 4.95. The maximum absolute atomic E-state index is 8.57. The number of benzene rings is 1. The Hall–Kier alpha value is -2.28. The van der Waals surface area contributed by atoms with Gasteiger partial charge in [-0.25, -0.2) is 0 Å². The van der Waals surface area contributed by atoms with E-state index < -0.39 is 0 Å². The van der Waals surface area contributed by atoms with E-state index >= 15 is 0 Å². The summed E-state index contributed by atoms with van der Waals surface area (Å²) in [5.41, 5.74) is 5.86. The van der Waals surface area contributed by atoms with Gasteiger partial charge in [-0.2, -0.15) is 4.98 Å². The van der Waals surface area contributed by atoms with Crippen molar-refractivity contribution in [1.29, 1.82) is 0 Å². The summed E-state index contributed by atoms with van der Waals surface area (Å²) in [6.07, 6.45) is 1.52. The van der Waals surface area contributed by atoms with Gasteiger partial charge < -0.3 is 15.7 Å². The van der Waals surface area contributed by atoms with Crippen molar-refractivity contribution >= 4 is 17.4 Å². The van der Waals surface area contributed by atoms with Gasteiger partial charge in [-0.3, -0.25) is 4.68 Å². The van der Waals surface area contributed by atoms with E-state index in [0.29, 0.717) is 16.3 Å². The van der Waals surface area contributed by atoms with Gasteiger partial charge in [0.1, 0.15) is 12.1 Å². The fraction of sp³-hybridized carbons (Fsp3) is 0.100. The van der Waals surface area contributed by atoms with Crippen molar-refractivity contribution in [3.8, 4) is 11.8 Å². The number of hydrogen-bond acceptors (Lipinski definition) is 5. The summed E-state index contributed by atoms with van der Waals surface area (Å²) in [6.45, 7) is 0. The second-order valence-corrected chi connectivity index (χ2v) is 3.84. The van der Waals surface area contributed by atoms with E-state index in [9.17, 15) is 0 Å². The summed E-state index contributed by atoms with van der Waals surface area (Å²) in [7, 11) is 1.73. The zero-order valence-corrected chi connectivity index (χ0v) is 10.2. The van der Waals surface area contributed by atoms with Gasteiger partial charge in [0.05, 0.1) is 5.02 Å². The van der Waals surface area contributed by atoms with E-state index in [-0.39, 0.29) is 11.8 Å². The van der Waals surface area contributed by atoms with Crippen molar-refractivity contribution < 1.29 is 9.94 Å². The normalized spacial score (nSPS) is 11.6. The zero-order valence-electron chi connectivity index (χ0n) is 9.41. The quantitative estimate of drug-likeness (QED) is 0.379. The molecule has 0 radical (unpaired) electrons. The highest BCUT2D eigenvalue weighted by Crippen LogP contribution is 2.25. The largest absolute Gasteiger partial charge is 0.423 e. The third-order valence-electron chi connectivity index (χ3n) is 2.11. The number of rotatable bonds is 3. The molecule has 0 saturated heterocycles. The van der Waals surface area contributed by atoms with Gasteiger partial charge in [0.2, 0.25) is 0 Å². The van der Waals surface area contributed by atoms with E-state index in [1.165, 1.54) is 17.1 Å². The minimum Gasteiger partial charge on any atom is -0.423 e. The lowest BCUT2D eigenvalue weighted by molar-refractivity contribution is 0.318. The van der Waals surface area contributed by atoms with Crippen LogP contribution in [0, 0.1) is 0 Å². The Kier molecular flexibility index (Phi) is 3.33. The SMILES string of the molecule is Cn1cnc(Oc2ccc(/C(N)=N/O)c(Cl)c2)n1. The molecule has 0 aliphatic carbocycles. The van der Waals surface area contributed by atoms with Crippen LogP contribution in [-0.2, 0) is 7.05 Å². The van der Waals surface area contributed by atoms with Crippen LogP contribution in [0.3, 0.4) is 0 Å². The van der Waals surface area contributed by atoms with E-state index in [0.717, 1.165) is 0 Å². The summed E-state index contributed by atoms with van der Waals surface area (Å²) in [4.78, 5) is 3.91. The molecule has 94 valence electrons. The third-order valence-corrected chi connectivity index (χ3v) is 2.42. The third kappa shape index (κ3) is 2.51. The van der Waals surface area contributed by atoms with E-state index in [1.54, 1.807) is 19.2 Å². The minimum absolute atomic E-state index is 0.0671. The molecule has 0 saturated carbocycles. The van der Waals surface area contributed by atoms with Crippen LogP contribution in [0.25, 0.3) is 0 Å². The van der Waals surface area contributed by atoms with E-state index in [4.69, 9.17) is 27.3 Å². The van der Waals surface area contributed by atoms with E-state index in [2.05, 4.69) is 15.2 Å². The Morgan fingerprint density at radius 2 is 2.33 bits per heavy atom. The molecule has 0 amide bonds. The van der Waals surface area contributed by atoms with Crippen LogP contribution in [0.1, 0.15) is 5.56 Å². The van der Waals surface area contributed by atoms with Crippen LogP contribution in [0.15, 0.2) is 29.7 Å². The molecule has 7 nitrogen and oxygen atoms in total. The molecule has 1 heterocycles. The number of nitrogens with zero attached hydrogens (tertiary/aromatic N) is 4. The molecular weight excluding hydrogens is 258 g/mol. The average molecular weight is 268 g/mol. The van der Waals surface area contributed by atoms with Crippen LogP contribution in [0.4, 0.5) is 0 Å². The Balaban J connectivity index is 2.24. The van der Waals surface area contributed by atoms with Crippen molar-refractivity contribution in [2.45, 2.75) is 0 Å². The fourth-order valence-electron chi connectivity index (χ4n) is 1.29. The summed E-state index contributed by atoms with van der Waals surface area (Å²) in [5.74, 6) is 0.392. The Labute approximate surface area is 107 Å². The Morgan fingerprint density at radius 3 is 2.89 bits per heavy atom. The Bertz CT molecular complexity index is 596. The van der Waals surface area contributed by atoms with Gasteiger partial charge in [-0.05, 0) is 12.1 Å². The lowest BCUT2D eigenvalue weighted by atomic mass is 10.2. The molecule has 18 heavy (non-hydrogen) atoms. The summed E-state index contributed by atoms with van der Waals surface area (Å²) >= 11 is 5.98. The van der Waals surface area contributed by atoms with Crippen molar-refractivity contribution in [3.05, 3.63) is 35.1 Å². The molecule has 0 aliphatic heterocycles. The highest BCUT2D eigenvalue weighted by atomic mass is 35.5. The lowest BCUT2D eigenvalue weighted by Gasteiger charge is -2.05. The van der Waals surface area contributed by atoms with Gasteiger partial charge in [-0.1, -0.05) is 16.8 Å². The fourth-order valence-corrected chi connectivity index (χ4v) is 1.56. The number of nitrogens with two attached hydrogens (primary N) is 1. The number of hydrogen-bond donors (Lipinski definition) is 2. The van der Waals surface area contributed by atoms with Gasteiger partial charge >= 0.3 is 6.01 Å². The molecule has 0 fully saturated rings. The first-order chi connectivity index (χ1) is 8.60. The van der Waals surface area contributed by atoms with Gasteiger partial charge in [-0.15, -0.1) is 5.10 Å². The van der Waals surface area contributed by atoms with Crippen LogP contribution in [0.2, 0.25) is 5.02 Å².